The first kappa shape index (κ1) is 26.3. The Morgan fingerprint density at radius 2 is 2.08 bits per heavy atom. The number of nitrogens with one attached hydrogen (secondary N) is 1. The molecule has 2 unspecified atom stereocenters. The molecule has 0 aliphatic carbocycles. The van der Waals surface area contributed by atoms with Crippen LogP contribution in [0.2, 0.25) is 0 Å². The number of nitrogens with zero attached hydrogens (tertiary/aromatic N) is 6. The Morgan fingerprint density at radius 1 is 1.24 bits per heavy atom. The maximum Gasteiger partial charge on any atom is 0.251 e. The molecule has 5 heterocycles. The molecule has 1 aliphatic rings. The number of carbonyl (C=O) groups is 1. The van der Waals surface area contributed by atoms with Gasteiger partial charge in [0.25, 0.3) is 5.91 Å². The van der Waals surface area contributed by atoms with E-state index >= 15 is 0 Å². The van der Waals surface area contributed by atoms with Gasteiger partial charge >= 0.3 is 0 Å². The minimum absolute atomic E-state index is 0.110. The summed E-state index contributed by atoms with van der Waals surface area (Å²) in [4.78, 5) is 28.9. The van der Waals surface area contributed by atoms with Gasteiger partial charge in [0.2, 0.25) is 0 Å². The van der Waals surface area contributed by atoms with Crippen molar-refractivity contribution < 1.29 is 9.53 Å². The number of thiophene rings is 1. The normalized spacial score (nSPS) is 16.1. The number of hydrogen-bond acceptors (Lipinski definition) is 8. The van der Waals surface area contributed by atoms with E-state index in [0.717, 1.165) is 48.0 Å². The molecule has 1 saturated heterocycles. The molecular formula is C28H35N7O2S. The van der Waals surface area contributed by atoms with E-state index in [1.54, 1.807) is 29.2 Å². The van der Waals surface area contributed by atoms with Crippen molar-refractivity contribution in [3.63, 3.8) is 0 Å². The van der Waals surface area contributed by atoms with Crippen LogP contribution in [-0.4, -0.2) is 82.4 Å². The number of amides is 1. The van der Waals surface area contributed by atoms with E-state index in [1.807, 2.05) is 35.8 Å². The predicted octanol–water partition coefficient (Wildman–Crippen LogP) is 4.21. The van der Waals surface area contributed by atoms with Gasteiger partial charge in [-0.2, -0.15) is 5.10 Å². The van der Waals surface area contributed by atoms with Gasteiger partial charge in [-0.05, 0) is 56.1 Å². The van der Waals surface area contributed by atoms with E-state index in [1.165, 1.54) is 0 Å². The Kier molecular flexibility index (Phi) is 8.01. The van der Waals surface area contributed by atoms with Gasteiger partial charge in [0, 0.05) is 38.0 Å². The second kappa shape index (κ2) is 11.6. The first-order chi connectivity index (χ1) is 18.5. The maximum absolute atomic E-state index is 13.4. The Balaban J connectivity index is 1.51. The molecule has 9 nitrogen and oxygen atoms in total. The highest BCUT2D eigenvalue weighted by molar-refractivity contribution is 7.13. The lowest BCUT2D eigenvalue weighted by Gasteiger charge is -2.41. The SMILES string of the molecule is CCN(CC)C(C)CNC(=O)c1cc(-c2cnn3ccc(-c4cccs4)nc23)nc(N2CCC2COC)c1. The van der Waals surface area contributed by atoms with E-state index in [9.17, 15) is 4.79 Å². The van der Waals surface area contributed by atoms with Crippen LogP contribution < -0.4 is 10.2 Å². The molecule has 0 radical (unpaired) electrons. The molecule has 1 amide bonds. The Hall–Kier alpha value is -3.34. The average molecular weight is 534 g/mol. The average Bonchev–Trinajstić information content (AvgIpc) is 3.60. The highest BCUT2D eigenvalue weighted by Crippen LogP contribution is 2.31. The summed E-state index contributed by atoms with van der Waals surface area (Å²) in [5, 5.41) is 9.70. The van der Waals surface area contributed by atoms with Gasteiger partial charge in [-0.25, -0.2) is 14.5 Å². The number of carbonyl (C=O) groups excluding carboxylic acids is 1. The first-order valence-electron chi connectivity index (χ1n) is 13.2. The molecule has 0 spiro atoms. The molecule has 10 heteroatoms. The highest BCUT2D eigenvalue weighted by atomic mass is 32.1. The van der Waals surface area contributed by atoms with Crippen LogP contribution in [0.3, 0.4) is 0 Å². The maximum atomic E-state index is 13.4. The van der Waals surface area contributed by atoms with E-state index in [4.69, 9.17) is 14.7 Å². The molecule has 0 bridgehead atoms. The Labute approximate surface area is 227 Å². The van der Waals surface area contributed by atoms with Crippen molar-refractivity contribution in [2.75, 3.05) is 44.8 Å². The summed E-state index contributed by atoms with van der Waals surface area (Å²) >= 11 is 1.65. The number of fused-ring (bicyclic) bond motifs is 1. The van der Waals surface area contributed by atoms with E-state index < -0.39 is 0 Å². The van der Waals surface area contributed by atoms with E-state index in [-0.39, 0.29) is 18.0 Å². The largest absolute Gasteiger partial charge is 0.383 e. The lowest BCUT2D eigenvalue weighted by atomic mass is 10.0. The molecule has 4 aromatic heterocycles. The fraction of sp³-hybridized carbons (Fsp3) is 0.429. The summed E-state index contributed by atoms with van der Waals surface area (Å²) in [6.45, 7) is 10.4. The molecule has 1 aliphatic heterocycles. The fourth-order valence-corrected chi connectivity index (χ4v) is 5.67. The third kappa shape index (κ3) is 5.29. The Morgan fingerprint density at radius 3 is 2.76 bits per heavy atom. The third-order valence-electron chi connectivity index (χ3n) is 7.28. The molecular weight excluding hydrogens is 498 g/mol. The smallest absolute Gasteiger partial charge is 0.251 e. The number of likely N-dealkylation sites (N-methyl/N-ethyl adjacent to an activating group) is 1. The molecule has 200 valence electrons. The van der Waals surface area contributed by atoms with Gasteiger partial charge in [-0.15, -0.1) is 11.3 Å². The summed E-state index contributed by atoms with van der Waals surface area (Å²) in [6, 6.07) is 10.3. The molecule has 5 rings (SSSR count). The first-order valence-corrected chi connectivity index (χ1v) is 14.1. The van der Waals surface area contributed by atoms with Crippen molar-refractivity contribution in [3.8, 4) is 21.8 Å². The van der Waals surface area contributed by atoms with Crippen molar-refractivity contribution in [2.45, 2.75) is 39.3 Å². The minimum atomic E-state index is -0.110. The van der Waals surface area contributed by atoms with Gasteiger partial charge in [0.1, 0.15) is 5.82 Å². The van der Waals surface area contributed by atoms with Crippen LogP contribution in [0.25, 0.3) is 27.5 Å². The van der Waals surface area contributed by atoms with Crippen LogP contribution in [-0.2, 0) is 4.74 Å². The summed E-state index contributed by atoms with van der Waals surface area (Å²) in [5.41, 5.74) is 3.64. The van der Waals surface area contributed by atoms with Crippen LogP contribution in [0.15, 0.2) is 48.1 Å². The zero-order valence-corrected chi connectivity index (χ0v) is 23.2. The van der Waals surface area contributed by atoms with Crippen molar-refractivity contribution in [2.24, 2.45) is 0 Å². The summed E-state index contributed by atoms with van der Waals surface area (Å²) in [6.07, 6.45) is 4.72. The van der Waals surface area contributed by atoms with Gasteiger partial charge in [-0.1, -0.05) is 19.9 Å². The molecule has 0 aromatic carbocycles. The highest BCUT2D eigenvalue weighted by Gasteiger charge is 2.30. The van der Waals surface area contributed by atoms with Crippen LogP contribution >= 0.6 is 11.3 Å². The number of rotatable bonds is 11. The van der Waals surface area contributed by atoms with Crippen molar-refractivity contribution in [3.05, 3.63) is 53.7 Å². The van der Waals surface area contributed by atoms with Gasteiger partial charge < -0.3 is 15.0 Å². The van der Waals surface area contributed by atoms with Crippen LogP contribution in [0, 0.1) is 0 Å². The number of methoxy groups -OCH3 is 1. The third-order valence-corrected chi connectivity index (χ3v) is 8.18. The molecule has 1 N–H and O–H groups in total. The summed E-state index contributed by atoms with van der Waals surface area (Å²) in [7, 11) is 1.71. The molecule has 0 saturated carbocycles. The Bertz CT molecular complexity index is 1380. The zero-order chi connectivity index (χ0) is 26.6. The number of hydrogen-bond donors (Lipinski definition) is 1. The molecule has 2 atom stereocenters. The lowest BCUT2D eigenvalue weighted by Crippen LogP contribution is -2.50. The standard InChI is InChI=1S/C28H35N7O2S/c1-5-33(6-2)19(3)16-29-28(36)20-14-24(31-26(15-20)34-11-9-21(34)18-37-4)22-17-30-35-12-10-23(32-27(22)35)25-8-7-13-38-25/h7-8,10,12-15,17,19,21H,5-6,9,11,16,18H2,1-4H3,(H,29,36). The second-order valence-corrected chi connectivity index (χ2v) is 10.5. The molecule has 38 heavy (non-hydrogen) atoms. The van der Waals surface area contributed by atoms with Crippen molar-refractivity contribution >= 4 is 28.7 Å². The second-order valence-electron chi connectivity index (χ2n) is 9.59. The topological polar surface area (TPSA) is 87.9 Å². The van der Waals surface area contributed by atoms with Gasteiger partial charge in [-0.3, -0.25) is 9.69 Å². The minimum Gasteiger partial charge on any atom is -0.383 e. The van der Waals surface area contributed by atoms with E-state index in [0.29, 0.717) is 30.1 Å². The number of ether oxygens (including phenoxy) is 1. The number of aromatic nitrogens is 4. The molecule has 4 aromatic rings. The van der Waals surface area contributed by atoms with Crippen molar-refractivity contribution in [1.82, 2.24) is 29.8 Å². The van der Waals surface area contributed by atoms with Gasteiger partial charge in [0.05, 0.1) is 40.7 Å². The van der Waals surface area contributed by atoms with E-state index in [2.05, 4.69) is 47.1 Å². The van der Waals surface area contributed by atoms with Gasteiger partial charge in [0.15, 0.2) is 5.65 Å². The summed E-state index contributed by atoms with van der Waals surface area (Å²) < 4.78 is 7.17. The number of pyridine rings is 1. The monoisotopic (exact) mass is 533 g/mol. The quantitative estimate of drug-likeness (QED) is 0.309. The predicted molar refractivity (Wildman–Crippen MR) is 152 cm³/mol. The van der Waals surface area contributed by atoms with Crippen LogP contribution in [0.4, 0.5) is 5.82 Å². The summed E-state index contributed by atoms with van der Waals surface area (Å²) in [5.74, 6) is 0.660. The number of anilines is 1. The molecule has 1 fully saturated rings. The van der Waals surface area contributed by atoms with Crippen LogP contribution in [0.5, 0.6) is 0 Å². The lowest BCUT2D eigenvalue weighted by molar-refractivity contribution is 0.0938. The zero-order valence-electron chi connectivity index (χ0n) is 22.4. The fourth-order valence-electron chi connectivity index (χ4n) is 4.97. The van der Waals surface area contributed by atoms with Crippen molar-refractivity contribution in [1.29, 1.82) is 0 Å². The van der Waals surface area contributed by atoms with Crippen LogP contribution in [0.1, 0.15) is 37.6 Å².